The van der Waals surface area contributed by atoms with Crippen molar-refractivity contribution in [1.29, 1.82) is 0 Å². The molecule has 0 aliphatic rings. The molecule has 1 aromatic heterocycles. The Morgan fingerprint density at radius 3 is 2.91 bits per heavy atom. The summed E-state index contributed by atoms with van der Waals surface area (Å²) in [7, 11) is 0. The molecule has 0 aliphatic carbocycles. The highest BCUT2D eigenvalue weighted by molar-refractivity contribution is 5.75. The molecule has 22 heavy (non-hydrogen) atoms. The van der Waals surface area contributed by atoms with Crippen molar-refractivity contribution in [3.05, 3.63) is 42.2 Å². The number of para-hydroxylation sites is 1. The number of hydrogen-bond donors (Lipinski definition) is 1. The molecule has 0 saturated carbocycles. The maximum atomic E-state index is 11.5. The molecule has 0 aliphatic heterocycles. The minimum atomic E-state index is 0.0922. The van der Waals surface area contributed by atoms with Gasteiger partial charge in [-0.05, 0) is 25.0 Å². The van der Waals surface area contributed by atoms with E-state index in [0.29, 0.717) is 19.6 Å². The highest BCUT2D eigenvalue weighted by Crippen LogP contribution is 2.10. The van der Waals surface area contributed by atoms with Crippen molar-refractivity contribution in [3.63, 3.8) is 0 Å². The summed E-state index contributed by atoms with van der Waals surface area (Å²) in [6, 6.07) is 9.60. The maximum Gasteiger partial charge on any atom is 0.220 e. The van der Waals surface area contributed by atoms with Crippen LogP contribution in [0.3, 0.4) is 0 Å². The second-order valence-electron chi connectivity index (χ2n) is 5.03. The Balaban J connectivity index is 1.69. The van der Waals surface area contributed by atoms with Crippen LogP contribution in [0.2, 0.25) is 0 Å². The molecular weight excluding hydrogens is 280 g/mol. The molecule has 6 nitrogen and oxygen atoms in total. The predicted octanol–water partition coefficient (Wildman–Crippen LogP) is 2.16. The monoisotopic (exact) mass is 302 g/mol. The summed E-state index contributed by atoms with van der Waals surface area (Å²) in [6.07, 6.45) is 4.07. The largest absolute Gasteiger partial charge is 0.487 e. The topological polar surface area (TPSA) is 69.0 Å². The third-order valence-corrected chi connectivity index (χ3v) is 3.08. The Bertz CT molecular complexity index is 569. The van der Waals surface area contributed by atoms with Gasteiger partial charge in [-0.15, -0.1) is 5.10 Å². The van der Waals surface area contributed by atoms with Crippen molar-refractivity contribution in [3.8, 4) is 5.75 Å². The van der Waals surface area contributed by atoms with Crippen LogP contribution >= 0.6 is 0 Å². The highest BCUT2D eigenvalue weighted by atomic mass is 16.5. The number of aromatic nitrogens is 3. The number of nitrogens with zero attached hydrogens (tertiary/aromatic N) is 3. The van der Waals surface area contributed by atoms with E-state index >= 15 is 0 Å². The number of nitrogens with one attached hydrogen (secondary N) is 1. The van der Waals surface area contributed by atoms with Gasteiger partial charge in [0.05, 0.1) is 6.20 Å². The number of amides is 1. The van der Waals surface area contributed by atoms with Crippen LogP contribution in [0.15, 0.2) is 36.5 Å². The first-order valence-electron chi connectivity index (χ1n) is 7.61. The Morgan fingerprint density at radius 2 is 2.14 bits per heavy atom. The molecule has 118 valence electrons. The fraction of sp³-hybridized carbons (Fsp3) is 0.438. The van der Waals surface area contributed by atoms with Gasteiger partial charge in [0.1, 0.15) is 18.1 Å². The third kappa shape index (κ3) is 5.55. The minimum absolute atomic E-state index is 0.0922. The molecular formula is C16H22N4O2. The van der Waals surface area contributed by atoms with E-state index in [0.717, 1.165) is 30.8 Å². The van der Waals surface area contributed by atoms with Gasteiger partial charge in [0.15, 0.2) is 0 Å². The number of rotatable bonds is 9. The molecule has 1 heterocycles. The van der Waals surface area contributed by atoms with E-state index in [1.807, 2.05) is 43.5 Å². The lowest BCUT2D eigenvalue weighted by Crippen LogP contribution is -2.23. The zero-order chi connectivity index (χ0) is 15.6. The molecule has 0 saturated heterocycles. The predicted molar refractivity (Wildman–Crippen MR) is 83.3 cm³/mol. The van der Waals surface area contributed by atoms with E-state index in [-0.39, 0.29) is 5.91 Å². The van der Waals surface area contributed by atoms with Gasteiger partial charge in [-0.1, -0.05) is 30.3 Å². The number of carbonyl (C=O) groups excluding carboxylic acids is 1. The Morgan fingerprint density at radius 1 is 1.32 bits per heavy atom. The molecule has 0 unspecified atom stereocenters. The van der Waals surface area contributed by atoms with Gasteiger partial charge in [0, 0.05) is 19.5 Å². The number of hydrogen-bond acceptors (Lipinski definition) is 4. The maximum absolute atomic E-state index is 11.5. The first-order valence-corrected chi connectivity index (χ1v) is 7.61. The Labute approximate surface area is 130 Å². The second-order valence-corrected chi connectivity index (χ2v) is 5.03. The number of ether oxygens (including phenoxy) is 1. The van der Waals surface area contributed by atoms with Crippen LogP contribution in [0.25, 0.3) is 0 Å². The number of aryl methyl sites for hydroxylation is 1. The van der Waals surface area contributed by atoms with Crippen molar-refractivity contribution < 1.29 is 9.53 Å². The van der Waals surface area contributed by atoms with Crippen LogP contribution in [0.1, 0.15) is 31.9 Å². The fourth-order valence-corrected chi connectivity index (χ4v) is 1.94. The SMILES string of the molecule is CCCNC(=O)CCCn1cc(COc2ccccc2)nn1. The molecule has 2 aromatic rings. The minimum Gasteiger partial charge on any atom is -0.487 e. The van der Waals surface area contributed by atoms with Crippen LogP contribution in [-0.2, 0) is 17.9 Å². The van der Waals surface area contributed by atoms with Crippen molar-refractivity contribution in [2.45, 2.75) is 39.3 Å². The highest BCUT2D eigenvalue weighted by Gasteiger charge is 2.04. The second kappa shape index (κ2) is 8.81. The molecule has 0 radical (unpaired) electrons. The lowest BCUT2D eigenvalue weighted by Gasteiger charge is -2.03. The molecule has 1 aromatic carbocycles. The van der Waals surface area contributed by atoms with Gasteiger partial charge < -0.3 is 10.1 Å². The van der Waals surface area contributed by atoms with Crippen LogP contribution < -0.4 is 10.1 Å². The van der Waals surface area contributed by atoms with Gasteiger partial charge in [-0.3, -0.25) is 9.48 Å². The Hall–Kier alpha value is -2.37. The zero-order valence-electron chi connectivity index (χ0n) is 12.9. The fourth-order valence-electron chi connectivity index (χ4n) is 1.94. The molecule has 2 rings (SSSR count). The number of carbonyl (C=O) groups is 1. The van der Waals surface area contributed by atoms with Gasteiger partial charge >= 0.3 is 0 Å². The third-order valence-electron chi connectivity index (χ3n) is 3.08. The lowest BCUT2D eigenvalue weighted by atomic mass is 10.3. The van der Waals surface area contributed by atoms with E-state index in [4.69, 9.17) is 4.74 Å². The van der Waals surface area contributed by atoms with Gasteiger partial charge in [-0.25, -0.2) is 0 Å². The molecule has 0 fully saturated rings. The van der Waals surface area contributed by atoms with Crippen LogP contribution in [0.5, 0.6) is 5.75 Å². The van der Waals surface area contributed by atoms with Gasteiger partial charge in [0.2, 0.25) is 5.91 Å². The zero-order valence-corrected chi connectivity index (χ0v) is 12.9. The standard InChI is InChI=1S/C16H22N4O2/c1-2-10-17-16(21)9-6-11-20-12-14(18-19-20)13-22-15-7-4-3-5-8-15/h3-5,7-8,12H,2,6,9-11,13H2,1H3,(H,17,21). The quantitative estimate of drug-likeness (QED) is 0.770. The van der Waals surface area contributed by atoms with Gasteiger partial charge in [0.25, 0.3) is 0 Å². The van der Waals surface area contributed by atoms with E-state index in [9.17, 15) is 4.79 Å². The summed E-state index contributed by atoms with van der Waals surface area (Å²) in [5.74, 6) is 0.902. The van der Waals surface area contributed by atoms with Crippen molar-refractivity contribution in [2.24, 2.45) is 0 Å². The smallest absolute Gasteiger partial charge is 0.220 e. The summed E-state index contributed by atoms with van der Waals surface area (Å²) in [4.78, 5) is 11.5. The summed E-state index contributed by atoms with van der Waals surface area (Å²) in [5, 5.41) is 11.0. The molecule has 0 spiro atoms. The Kier molecular flexibility index (Phi) is 6.41. The lowest BCUT2D eigenvalue weighted by molar-refractivity contribution is -0.121. The average molecular weight is 302 g/mol. The van der Waals surface area contributed by atoms with Crippen molar-refractivity contribution in [2.75, 3.05) is 6.54 Å². The van der Waals surface area contributed by atoms with Crippen LogP contribution in [0, 0.1) is 0 Å². The molecule has 0 atom stereocenters. The van der Waals surface area contributed by atoms with E-state index in [1.165, 1.54) is 0 Å². The van der Waals surface area contributed by atoms with Gasteiger partial charge in [-0.2, -0.15) is 0 Å². The van der Waals surface area contributed by atoms with E-state index in [1.54, 1.807) is 4.68 Å². The molecule has 6 heteroatoms. The molecule has 1 N–H and O–H groups in total. The first-order chi connectivity index (χ1) is 10.8. The normalized spacial score (nSPS) is 10.4. The van der Waals surface area contributed by atoms with Crippen molar-refractivity contribution >= 4 is 5.91 Å². The van der Waals surface area contributed by atoms with Crippen LogP contribution in [0.4, 0.5) is 0 Å². The number of benzene rings is 1. The average Bonchev–Trinajstić information content (AvgIpc) is 3.00. The summed E-state index contributed by atoms with van der Waals surface area (Å²) in [5.41, 5.74) is 0.777. The molecule has 0 bridgehead atoms. The summed E-state index contributed by atoms with van der Waals surface area (Å²) >= 11 is 0. The molecule has 1 amide bonds. The summed E-state index contributed by atoms with van der Waals surface area (Å²) in [6.45, 7) is 3.84. The van der Waals surface area contributed by atoms with Crippen molar-refractivity contribution in [1.82, 2.24) is 20.3 Å². The summed E-state index contributed by atoms with van der Waals surface area (Å²) < 4.78 is 7.36. The van der Waals surface area contributed by atoms with Crippen LogP contribution in [-0.4, -0.2) is 27.4 Å². The van der Waals surface area contributed by atoms with E-state index < -0.39 is 0 Å². The van der Waals surface area contributed by atoms with E-state index in [2.05, 4.69) is 15.6 Å². The first kappa shape index (κ1) is 16.0.